The number of ether oxygens (including phenoxy) is 1. The SMILES string of the molecule is COc1ccc(/C=C/C(=O)NC(=S)Nc2ccc(C(=O)NCc3ccco3)cc2)cc1. The minimum absolute atomic E-state index is 0.152. The lowest BCUT2D eigenvalue weighted by atomic mass is 10.2. The predicted molar refractivity (Wildman–Crippen MR) is 123 cm³/mol. The second-order valence-corrected chi connectivity index (χ2v) is 6.80. The molecule has 0 atom stereocenters. The summed E-state index contributed by atoms with van der Waals surface area (Å²) in [6.07, 6.45) is 4.62. The van der Waals surface area contributed by atoms with Gasteiger partial charge in [-0.15, -0.1) is 0 Å². The predicted octanol–water partition coefficient (Wildman–Crippen LogP) is 3.74. The number of methoxy groups -OCH3 is 1. The van der Waals surface area contributed by atoms with Gasteiger partial charge in [-0.2, -0.15) is 0 Å². The number of hydrogen-bond acceptors (Lipinski definition) is 5. The van der Waals surface area contributed by atoms with Crippen LogP contribution in [-0.4, -0.2) is 24.0 Å². The molecule has 0 aliphatic rings. The van der Waals surface area contributed by atoms with E-state index in [-0.39, 0.29) is 16.9 Å². The second-order valence-electron chi connectivity index (χ2n) is 6.39. The zero-order chi connectivity index (χ0) is 22.1. The first-order chi connectivity index (χ1) is 15.0. The van der Waals surface area contributed by atoms with Gasteiger partial charge in [0.15, 0.2) is 5.11 Å². The summed E-state index contributed by atoms with van der Waals surface area (Å²) in [6, 6.07) is 17.6. The van der Waals surface area contributed by atoms with Crippen molar-refractivity contribution in [2.75, 3.05) is 12.4 Å². The Kier molecular flexibility index (Phi) is 7.56. The average molecular weight is 436 g/mol. The van der Waals surface area contributed by atoms with Crippen LogP contribution in [0.4, 0.5) is 5.69 Å². The highest BCUT2D eigenvalue weighted by Gasteiger charge is 2.07. The van der Waals surface area contributed by atoms with E-state index in [9.17, 15) is 9.59 Å². The van der Waals surface area contributed by atoms with Gasteiger partial charge in [-0.3, -0.25) is 14.9 Å². The topological polar surface area (TPSA) is 92.6 Å². The Labute approximate surface area is 185 Å². The Morgan fingerprint density at radius 3 is 2.45 bits per heavy atom. The number of thiocarbonyl (C=S) groups is 1. The molecule has 0 aliphatic heterocycles. The lowest BCUT2D eigenvalue weighted by Gasteiger charge is -2.09. The molecule has 7 nitrogen and oxygen atoms in total. The Bertz CT molecular complexity index is 1060. The molecule has 3 rings (SSSR count). The molecule has 0 saturated heterocycles. The normalized spacial score (nSPS) is 10.5. The number of carbonyl (C=O) groups excluding carboxylic acids is 2. The molecule has 31 heavy (non-hydrogen) atoms. The van der Waals surface area contributed by atoms with Crippen LogP contribution in [0, 0.1) is 0 Å². The van der Waals surface area contributed by atoms with E-state index >= 15 is 0 Å². The molecule has 0 bridgehead atoms. The van der Waals surface area contributed by atoms with Crippen molar-refractivity contribution in [3.63, 3.8) is 0 Å². The molecular weight excluding hydrogens is 414 g/mol. The Hall–Kier alpha value is -3.91. The highest BCUT2D eigenvalue weighted by molar-refractivity contribution is 7.80. The van der Waals surface area contributed by atoms with E-state index in [4.69, 9.17) is 21.4 Å². The van der Waals surface area contributed by atoms with E-state index in [1.54, 1.807) is 55.8 Å². The highest BCUT2D eigenvalue weighted by Crippen LogP contribution is 2.12. The number of nitrogens with one attached hydrogen (secondary N) is 3. The minimum atomic E-state index is -0.359. The first kappa shape index (κ1) is 21.8. The minimum Gasteiger partial charge on any atom is -0.497 e. The van der Waals surface area contributed by atoms with Crippen molar-refractivity contribution in [2.45, 2.75) is 6.54 Å². The monoisotopic (exact) mass is 435 g/mol. The maximum Gasteiger partial charge on any atom is 0.251 e. The lowest BCUT2D eigenvalue weighted by Crippen LogP contribution is -2.32. The summed E-state index contributed by atoms with van der Waals surface area (Å²) in [5.41, 5.74) is 2.00. The fraction of sp³-hybridized carbons (Fsp3) is 0.0870. The van der Waals surface area contributed by atoms with Gasteiger partial charge in [-0.1, -0.05) is 12.1 Å². The first-order valence-corrected chi connectivity index (χ1v) is 9.79. The summed E-state index contributed by atoms with van der Waals surface area (Å²) in [7, 11) is 1.59. The molecule has 0 unspecified atom stereocenters. The average Bonchev–Trinajstić information content (AvgIpc) is 3.30. The van der Waals surface area contributed by atoms with Crippen LogP contribution < -0.4 is 20.7 Å². The van der Waals surface area contributed by atoms with Gasteiger partial charge in [0.2, 0.25) is 5.91 Å². The summed E-state index contributed by atoms with van der Waals surface area (Å²) in [5.74, 6) is 0.839. The zero-order valence-corrected chi connectivity index (χ0v) is 17.6. The van der Waals surface area contributed by atoms with Crippen LogP contribution >= 0.6 is 12.2 Å². The molecule has 2 aromatic carbocycles. The van der Waals surface area contributed by atoms with Gasteiger partial charge in [0.05, 0.1) is 19.9 Å². The van der Waals surface area contributed by atoms with Crippen molar-refractivity contribution >= 4 is 40.9 Å². The van der Waals surface area contributed by atoms with Gasteiger partial charge in [0.1, 0.15) is 11.5 Å². The van der Waals surface area contributed by atoms with Crippen LogP contribution in [0.3, 0.4) is 0 Å². The molecule has 1 aromatic heterocycles. The fourth-order valence-corrected chi connectivity index (χ4v) is 2.81. The molecule has 8 heteroatoms. The number of anilines is 1. The number of carbonyl (C=O) groups is 2. The van der Waals surface area contributed by atoms with Gasteiger partial charge >= 0.3 is 0 Å². The summed E-state index contributed by atoms with van der Waals surface area (Å²) < 4.78 is 10.3. The van der Waals surface area contributed by atoms with Crippen LogP contribution in [0.1, 0.15) is 21.7 Å². The molecule has 3 N–H and O–H groups in total. The second kappa shape index (κ2) is 10.7. The molecule has 0 saturated carbocycles. The smallest absolute Gasteiger partial charge is 0.251 e. The van der Waals surface area contributed by atoms with Crippen LogP contribution in [0.25, 0.3) is 6.08 Å². The number of hydrogen-bond donors (Lipinski definition) is 3. The molecule has 3 aromatic rings. The van der Waals surface area contributed by atoms with Crippen LogP contribution in [0.2, 0.25) is 0 Å². The van der Waals surface area contributed by atoms with E-state index in [2.05, 4.69) is 16.0 Å². The van der Waals surface area contributed by atoms with Gasteiger partial charge in [-0.05, 0) is 72.4 Å². The van der Waals surface area contributed by atoms with E-state index in [0.717, 1.165) is 11.3 Å². The molecular formula is C23H21N3O4S. The molecule has 0 radical (unpaired) electrons. The van der Waals surface area contributed by atoms with E-state index in [1.165, 1.54) is 6.08 Å². The van der Waals surface area contributed by atoms with Gasteiger partial charge in [0, 0.05) is 17.3 Å². The lowest BCUT2D eigenvalue weighted by molar-refractivity contribution is -0.115. The number of furan rings is 1. The molecule has 0 spiro atoms. The summed E-state index contributed by atoms with van der Waals surface area (Å²) in [5, 5.41) is 8.41. The summed E-state index contributed by atoms with van der Waals surface area (Å²) >= 11 is 5.16. The van der Waals surface area contributed by atoms with Crippen molar-refractivity contribution < 1.29 is 18.7 Å². The Morgan fingerprint density at radius 1 is 1.06 bits per heavy atom. The van der Waals surface area contributed by atoms with Crippen molar-refractivity contribution in [1.82, 2.24) is 10.6 Å². The number of amides is 2. The highest BCUT2D eigenvalue weighted by atomic mass is 32.1. The molecule has 0 aliphatic carbocycles. The fourth-order valence-electron chi connectivity index (χ4n) is 2.59. The van der Waals surface area contributed by atoms with Crippen LogP contribution in [-0.2, 0) is 11.3 Å². The van der Waals surface area contributed by atoms with E-state index < -0.39 is 0 Å². The Morgan fingerprint density at radius 2 is 1.81 bits per heavy atom. The van der Waals surface area contributed by atoms with Crippen molar-refractivity contribution in [2.24, 2.45) is 0 Å². The zero-order valence-electron chi connectivity index (χ0n) is 16.8. The van der Waals surface area contributed by atoms with Gasteiger partial charge < -0.3 is 19.8 Å². The number of benzene rings is 2. The maximum atomic E-state index is 12.2. The third-order valence-corrected chi connectivity index (χ3v) is 4.39. The van der Waals surface area contributed by atoms with E-state index in [1.807, 2.05) is 24.3 Å². The summed E-state index contributed by atoms with van der Waals surface area (Å²) in [4.78, 5) is 24.2. The Balaban J connectivity index is 1.46. The quantitative estimate of drug-likeness (QED) is 0.387. The van der Waals surface area contributed by atoms with E-state index in [0.29, 0.717) is 23.6 Å². The standard InChI is InChI=1S/C23H21N3O4S/c1-29-19-11-4-16(5-12-19)6-13-21(27)26-23(31)25-18-9-7-17(8-10-18)22(28)24-15-20-3-2-14-30-20/h2-14H,15H2,1H3,(H,24,28)(H2,25,26,27,31)/b13-6+. The van der Waals surface area contributed by atoms with Crippen molar-refractivity contribution in [1.29, 1.82) is 0 Å². The molecule has 158 valence electrons. The van der Waals surface area contributed by atoms with Crippen LogP contribution in [0.5, 0.6) is 5.75 Å². The molecule has 2 amide bonds. The van der Waals surface area contributed by atoms with Gasteiger partial charge in [0.25, 0.3) is 5.91 Å². The first-order valence-electron chi connectivity index (χ1n) is 9.38. The maximum absolute atomic E-state index is 12.2. The van der Waals surface area contributed by atoms with Crippen molar-refractivity contribution in [3.8, 4) is 5.75 Å². The molecule has 1 heterocycles. The van der Waals surface area contributed by atoms with Gasteiger partial charge in [-0.25, -0.2) is 0 Å². The largest absolute Gasteiger partial charge is 0.497 e. The summed E-state index contributed by atoms with van der Waals surface area (Å²) in [6.45, 7) is 0.312. The molecule has 0 fully saturated rings. The van der Waals surface area contributed by atoms with Crippen LogP contribution in [0.15, 0.2) is 77.4 Å². The van der Waals surface area contributed by atoms with Crippen molar-refractivity contribution in [3.05, 3.63) is 89.9 Å². The third-order valence-electron chi connectivity index (χ3n) is 4.19. The third kappa shape index (κ3) is 6.83. The number of rotatable bonds is 7.